The van der Waals surface area contributed by atoms with Crippen LogP contribution in [0, 0.1) is 18.8 Å². The number of nitrogens with two attached hydrogens (primary N) is 1. The van der Waals surface area contributed by atoms with Gasteiger partial charge in [0.2, 0.25) is 11.3 Å². The number of unbranched alkanes of at least 4 members (excludes halogenated alkanes) is 2. The van der Waals surface area contributed by atoms with Crippen LogP contribution in [0.3, 0.4) is 0 Å². The predicted octanol–water partition coefficient (Wildman–Crippen LogP) is 6.66. The molecule has 3 aliphatic heterocycles. The first-order valence-corrected chi connectivity index (χ1v) is 30.7. The van der Waals surface area contributed by atoms with Crippen molar-refractivity contribution in [3.05, 3.63) is 129 Å². The first kappa shape index (κ1) is 59.8. The standard InChI is InChI=1S/C51H61N6O17P3S/c1-6-55(7-2)37-22-25-41-40(34(3)48(72-44(41)30-37)35-16-10-8-11-17-35)19-14-20-45-51(4,5)42-31-39(78(67,68)69)24-26-43(42)56(45)29-13-9-12-21-46(58)53-28-15-18-36-32-57(50(59)54-49(36)52)47-27-23-38(71-47)33-70-76(63,64)74-77(65,66)73-75(60,61)62/h8,10-11,14,16-17,19-20,22,24-26,30-32,38,47H,6-7,9,12-13,21,23,27-29,33H2,1-5H3,(H7-,52,53,54,58,59,60,61,62,63,64,65,66,67,68,69)/t38-,47+/m0/s1. The maximum absolute atomic E-state index is 12.9. The van der Waals surface area contributed by atoms with Gasteiger partial charge in [-0.05, 0) is 87.9 Å². The van der Waals surface area contributed by atoms with Gasteiger partial charge in [-0.25, -0.2) is 31.5 Å². The van der Waals surface area contributed by atoms with Gasteiger partial charge in [-0.15, -0.1) is 0 Å². The Bertz CT molecular complexity index is 3560. The Kier molecular flexibility index (Phi) is 18.9. The minimum absolute atomic E-state index is 0.0691. The molecular formula is C51H61N6O17P3S. The lowest BCUT2D eigenvalue weighted by Gasteiger charge is -2.27. The lowest BCUT2D eigenvalue weighted by atomic mass is 9.83. The zero-order chi connectivity index (χ0) is 56.8. The van der Waals surface area contributed by atoms with Crippen LogP contribution in [0.15, 0.2) is 105 Å². The van der Waals surface area contributed by atoms with E-state index in [2.05, 4.69) is 82.9 Å². The number of nitrogens with one attached hydrogen (secondary N) is 1. The number of amides is 1. The van der Waals surface area contributed by atoms with Crippen molar-refractivity contribution in [1.29, 1.82) is 0 Å². The van der Waals surface area contributed by atoms with Gasteiger partial charge in [-0.1, -0.05) is 74.6 Å². The van der Waals surface area contributed by atoms with E-state index in [0.29, 0.717) is 31.4 Å². The summed E-state index contributed by atoms with van der Waals surface area (Å²) in [5, 5.41) is 3.80. The molecule has 4 atom stereocenters. The lowest BCUT2D eigenvalue weighted by Crippen LogP contribution is -2.29. The average molecular weight is 1160 g/mol. The van der Waals surface area contributed by atoms with Crippen LogP contribution in [0.5, 0.6) is 0 Å². The Labute approximate surface area is 450 Å². The average Bonchev–Trinajstić information content (AvgIpc) is 3.99. The molecule has 4 aliphatic rings. The summed E-state index contributed by atoms with van der Waals surface area (Å²) in [7, 11) is -21.4. The number of fused-ring (bicyclic) bond motifs is 2. The van der Waals surface area contributed by atoms with E-state index in [-0.39, 0.29) is 48.0 Å². The van der Waals surface area contributed by atoms with E-state index in [1.165, 1.54) is 18.3 Å². The van der Waals surface area contributed by atoms with Crippen LogP contribution in [-0.2, 0) is 51.9 Å². The third-order valence-electron chi connectivity index (χ3n) is 13.1. The molecule has 1 amide bonds. The highest BCUT2D eigenvalue weighted by Gasteiger charge is 2.42. The van der Waals surface area contributed by atoms with Gasteiger partial charge < -0.3 is 49.2 Å². The number of nitrogens with zero attached hydrogens (tertiary/aromatic N) is 4. The highest BCUT2D eigenvalue weighted by atomic mass is 32.2. The Hall–Kier alpha value is -5.86. The molecule has 0 saturated carbocycles. The van der Waals surface area contributed by atoms with E-state index in [1.54, 1.807) is 6.07 Å². The molecule has 0 radical (unpaired) electrons. The molecule has 0 spiro atoms. The van der Waals surface area contributed by atoms with Gasteiger partial charge >= 0.3 is 29.2 Å². The fourth-order valence-corrected chi connectivity index (χ4v) is 12.9. The summed E-state index contributed by atoms with van der Waals surface area (Å²) in [6.07, 6.45) is 7.82. The van der Waals surface area contributed by atoms with E-state index < -0.39 is 63.6 Å². The number of phosphoric acid groups is 3. The van der Waals surface area contributed by atoms with Crippen LogP contribution in [0.25, 0.3) is 28.7 Å². The first-order valence-electron chi connectivity index (χ1n) is 24.8. The van der Waals surface area contributed by atoms with Crippen molar-refractivity contribution in [2.24, 2.45) is 0 Å². The van der Waals surface area contributed by atoms with Gasteiger partial charge in [0.1, 0.15) is 46.8 Å². The molecule has 27 heteroatoms. The summed E-state index contributed by atoms with van der Waals surface area (Å²) in [6, 6.07) is 20.7. The largest absolute Gasteiger partial charge is 0.744 e. The number of benzene rings is 3. The molecule has 0 bridgehead atoms. The molecule has 2 unspecified atom stereocenters. The molecule has 418 valence electrons. The molecule has 1 fully saturated rings. The fourth-order valence-electron chi connectivity index (χ4n) is 9.36. The van der Waals surface area contributed by atoms with Crippen molar-refractivity contribution >= 4 is 57.1 Å². The van der Waals surface area contributed by atoms with Gasteiger partial charge in [0.05, 0.1) is 35.8 Å². The molecule has 3 aromatic rings. The normalized spacial score (nSPS) is 18.4. The Morgan fingerprint density at radius 3 is 2.42 bits per heavy atom. The van der Waals surface area contributed by atoms with Crippen LogP contribution in [0.1, 0.15) is 94.7 Å². The van der Waals surface area contributed by atoms with Crippen LogP contribution >= 0.6 is 23.5 Å². The van der Waals surface area contributed by atoms with Crippen LogP contribution < -0.4 is 31.6 Å². The smallest absolute Gasteiger partial charge is 0.490 e. The van der Waals surface area contributed by atoms with Crippen LogP contribution in [-0.4, -0.2) is 86.9 Å². The fraction of sp³-hybridized carbons (Fsp3) is 0.373. The summed E-state index contributed by atoms with van der Waals surface area (Å²) in [4.78, 5) is 67.8. The number of carbonyl (C=O) groups excluding carboxylic acids is 1. The van der Waals surface area contributed by atoms with Gasteiger partial charge in [0, 0.05) is 58.7 Å². The molecule has 7 rings (SSSR count). The minimum Gasteiger partial charge on any atom is -0.744 e. The van der Waals surface area contributed by atoms with Crippen LogP contribution in [0.2, 0.25) is 0 Å². The second-order valence-corrected chi connectivity index (χ2v) is 24.6. The molecule has 78 heavy (non-hydrogen) atoms. The maximum atomic E-state index is 12.9. The molecule has 1 aromatic heterocycles. The summed E-state index contributed by atoms with van der Waals surface area (Å²) >= 11 is 0. The number of anilines is 2. The van der Waals surface area contributed by atoms with Gasteiger partial charge in [-0.3, -0.25) is 13.9 Å². The van der Waals surface area contributed by atoms with Gasteiger partial charge in [-0.2, -0.15) is 13.6 Å². The molecule has 7 N–H and O–H groups in total. The van der Waals surface area contributed by atoms with Crippen molar-refractivity contribution in [3.63, 3.8) is 0 Å². The van der Waals surface area contributed by atoms with E-state index in [4.69, 9.17) is 24.7 Å². The molecule has 2 aromatic carbocycles. The highest BCUT2D eigenvalue weighted by Crippen LogP contribution is 2.66. The second-order valence-electron chi connectivity index (χ2n) is 18.8. The van der Waals surface area contributed by atoms with Crippen molar-refractivity contribution in [2.45, 2.75) is 95.8 Å². The molecular weight excluding hydrogens is 1090 g/mol. The number of nitrogen functional groups attached to an aromatic ring is 1. The zero-order valence-corrected chi connectivity index (χ0v) is 46.8. The molecule has 1 aliphatic carbocycles. The number of carbonyl (C=O) groups is 1. The van der Waals surface area contributed by atoms with Gasteiger partial charge in [0.25, 0.3) is 0 Å². The molecule has 23 nitrogen and oxygen atoms in total. The van der Waals surface area contributed by atoms with Crippen molar-refractivity contribution < 1.29 is 73.3 Å². The Balaban J connectivity index is 0.986. The lowest BCUT2D eigenvalue weighted by molar-refractivity contribution is -0.120. The molecule has 4 heterocycles. The number of aromatic nitrogens is 2. The topological polar surface area (TPSA) is 336 Å². The van der Waals surface area contributed by atoms with Crippen molar-refractivity contribution in [2.75, 3.05) is 43.4 Å². The van der Waals surface area contributed by atoms with E-state index >= 15 is 0 Å². The third kappa shape index (κ3) is 14.9. The number of hydrogen-bond acceptors (Lipinski definition) is 16. The third-order valence-corrected chi connectivity index (χ3v) is 17.8. The second kappa shape index (κ2) is 24.7. The zero-order valence-electron chi connectivity index (χ0n) is 43.3. The SMILES string of the molecule is CC[N+](CC)=c1ccc2c(/C=C/C=C3/N(CCCCCC(=O)NCC#Cc4cn([C@H]5CC[C@@H](COP(=O)(O)OP(=O)(O)OP(=O)(O)O)O5)c(=O)nc4N)c4ccc(S(=O)(=O)[O-])cc4C3(C)C)c(C)c(-c3ccccc3)oc-2c1. The minimum atomic E-state index is -5.72. The first-order chi connectivity index (χ1) is 36.7. The highest BCUT2D eigenvalue weighted by molar-refractivity contribution is 7.85. The van der Waals surface area contributed by atoms with Crippen molar-refractivity contribution in [3.8, 4) is 34.5 Å². The van der Waals surface area contributed by atoms with E-state index in [9.17, 15) is 46.0 Å². The maximum Gasteiger partial charge on any atom is 0.490 e. The van der Waals surface area contributed by atoms with E-state index in [0.717, 1.165) is 68.2 Å². The summed E-state index contributed by atoms with van der Waals surface area (Å²) in [5.41, 5.74) is 10.8. The number of allylic oxidation sites excluding steroid dienone is 3. The Morgan fingerprint density at radius 1 is 1.00 bits per heavy atom. The molecule has 1 saturated heterocycles. The number of hydrogen-bond donors (Lipinski definition) is 6. The number of ether oxygens (including phenoxy) is 1. The summed E-state index contributed by atoms with van der Waals surface area (Å²) < 4.78 is 99.0. The Morgan fingerprint density at radius 2 is 1.73 bits per heavy atom. The number of phosphoric ester groups is 1. The van der Waals surface area contributed by atoms with E-state index in [1.807, 2.05) is 63.3 Å². The number of rotatable bonds is 21. The van der Waals surface area contributed by atoms with Crippen molar-refractivity contribution in [1.82, 2.24) is 19.4 Å². The monoisotopic (exact) mass is 1150 g/mol. The summed E-state index contributed by atoms with van der Waals surface area (Å²) in [5.74, 6) is 6.60. The van der Waals surface area contributed by atoms with Gasteiger partial charge in [0.15, 0.2) is 0 Å². The van der Waals surface area contributed by atoms with Crippen LogP contribution in [0.4, 0.5) is 11.5 Å². The summed E-state index contributed by atoms with van der Waals surface area (Å²) in [6.45, 7) is 11.7. The predicted molar refractivity (Wildman–Crippen MR) is 288 cm³/mol. The quantitative estimate of drug-likeness (QED) is 0.0147.